The number of benzene rings is 2. The van der Waals surface area contributed by atoms with Crippen molar-refractivity contribution in [2.75, 3.05) is 17.7 Å². The van der Waals surface area contributed by atoms with Crippen molar-refractivity contribution in [3.63, 3.8) is 0 Å². The molecule has 0 aliphatic carbocycles. The molecular weight excluding hydrogens is 379 g/mol. The van der Waals surface area contributed by atoms with Crippen molar-refractivity contribution in [1.82, 2.24) is 4.98 Å². The summed E-state index contributed by atoms with van der Waals surface area (Å²) in [5.74, 6) is -1.18. The summed E-state index contributed by atoms with van der Waals surface area (Å²) in [6, 6.07) is 12.3. The molecule has 3 rings (SSSR count). The van der Waals surface area contributed by atoms with E-state index in [9.17, 15) is 19.3 Å². The molecule has 0 aliphatic heterocycles. The van der Waals surface area contributed by atoms with Gasteiger partial charge in [0, 0.05) is 30.7 Å². The van der Waals surface area contributed by atoms with Crippen molar-refractivity contribution < 1.29 is 18.8 Å². The zero-order chi connectivity index (χ0) is 20.8. The highest BCUT2D eigenvalue weighted by Gasteiger charge is 2.19. The summed E-state index contributed by atoms with van der Waals surface area (Å²) < 4.78 is 18.6. The largest absolute Gasteiger partial charge is 0.494 e. The van der Waals surface area contributed by atoms with Gasteiger partial charge in [-0.25, -0.2) is 4.39 Å². The number of amides is 1. The Hall–Kier alpha value is -4.01. The number of pyridine rings is 1. The highest BCUT2D eigenvalue weighted by Crippen LogP contribution is 2.32. The molecule has 1 aromatic heterocycles. The van der Waals surface area contributed by atoms with Crippen LogP contribution in [0.4, 0.5) is 21.5 Å². The first kappa shape index (κ1) is 19.7. The molecule has 0 saturated heterocycles. The zero-order valence-corrected chi connectivity index (χ0v) is 15.4. The number of carbonyl (C=O) groups is 1. The Morgan fingerprint density at radius 3 is 2.62 bits per heavy atom. The summed E-state index contributed by atoms with van der Waals surface area (Å²) in [5, 5.41) is 16.8. The molecule has 0 saturated carbocycles. The van der Waals surface area contributed by atoms with Gasteiger partial charge in [-0.15, -0.1) is 0 Å². The van der Waals surface area contributed by atoms with E-state index in [-0.39, 0.29) is 29.6 Å². The van der Waals surface area contributed by atoms with Crippen molar-refractivity contribution in [2.45, 2.75) is 6.54 Å². The van der Waals surface area contributed by atoms with Crippen LogP contribution in [0.25, 0.3) is 0 Å². The average molecular weight is 396 g/mol. The van der Waals surface area contributed by atoms with Gasteiger partial charge in [-0.2, -0.15) is 0 Å². The van der Waals surface area contributed by atoms with Gasteiger partial charge in [0.05, 0.1) is 23.7 Å². The summed E-state index contributed by atoms with van der Waals surface area (Å²) in [6.45, 7) is 0.256. The fraction of sp³-hybridized carbons (Fsp3) is 0.100. The van der Waals surface area contributed by atoms with Crippen molar-refractivity contribution >= 4 is 23.0 Å². The second kappa shape index (κ2) is 8.79. The lowest BCUT2D eigenvalue weighted by atomic mass is 10.2. The minimum absolute atomic E-state index is 0.0911. The highest BCUT2D eigenvalue weighted by atomic mass is 19.1. The Morgan fingerprint density at radius 1 is 1.24 bits per heavy atom. The third-order valence-corrected chi connectivity index (χ3v) is 4.09. The van der Waals surface area contributed by atoms with Gasteiger partial charge in [-0.05, 0) is 29.8 Å². The summed E-state index contributed by atoms with van der Waals surface area (Å²) in [7, 11) is 1.28. The number of nitrogens with one attached hydrogen (secondary N) is 2. The van der Waals surface area contributed by atoms with E-state index in [2.05, 4.69) is 15.6 Å². The van der Waals surface area contributed by atoms with E-state index in [0.29, 0.717) is 11.3 Å². The predicted octanol–water partition coefficient (Wildman–Crippen LogP) is 4.00. The summed E-state index contributed by atoms with van der Waals surface area (Å²) in [5.41, 5.74) is 1.60. The van der Waals surface area contributed by atoms with Crippen LogP contribution >= 0.6 is 0 Å². The van der Waals surface area contributed by atoms with Crippen LogP contribution in [-0.2, 0) is 6.54 Å². The first-order chi connectivity index (χ1) is 14.0. The number of anilines is 2. The molecule has 0 spiro atoms. The minimum atomic E-state index is -0.807. The molecule has 2 aromatic carbocycles. The van der Waals surface area contributed by atoms with Gasteiger partial charge in [0.15, 0.2) is 11.6 Å². The second-order valence-corrected chi connectivity index (χ2v) is 6.01. The van der Waals surface area contributed by atoms with Crippen LogP contribution in [-0.4, -0.2) is 22.9 Å². The minimum Gasteiger partial charge on any atom is -0.494 e. The molecule has 0 radical (unpaired) electrons. The molecule has 0 fully saturated rings. The first-order valence-electron chi connectivity index (χ1n) is 8.54. The van der Waals surface area contributed by atoms with Crippen molar-refractivity contribution in [3.05, 3.63) is 88.0 Å². The molecule has 8 nitrogen and oxygen atoms in total. The van der Waals surface area contributed by atoms with E-state index in [1.165, 1.54) is 19.4 Å². The van der Waals surface area contributed by atoms with Gasteiger partial charge in [0.2, 0.25) is 0 Å². The fourth-order valence-electron chi connectivity index (χ4n) is 2.60. The summed E-state index contributed by atoms with van der Waals surface area (Å²) in [4.78, 5) is 26.5. The summed E-state index contributed by atoms with van der Waals surface area (Å²) in [6.07, 6.45) is 3.05. The monoisotopic (exact) mass is 396 g/mol. The highest BCUT2D eigenvalue weighted by molar-refractivity contribution is 6.04. The maximum Gasteiger partial charge on any atom is 0.295 e. The van der Waals surface area contributed by atoms with Crippen LogP contribution in [0.1, 0.15) is 15.9 Å². The van der Waals surface area contributed by atoms with E-state index in [1.807, 2.05) is 0 Å². The number of nitrogens with zero attached hydrogens (tertiary/aromatic N) is 2. The molecule has 148 valence electrons. The number of nitro groups is 1. The Morgan fingerprint density at radius 2 is 2.00 bits per heavy atom. The number of rotatable bonds is 7. The molecule has 1 heterocycles. The second-order valence-electron chi connectivity index (χ2n) is 6.01. The molecule has 1 amide bonds. The molecule has 0 aliphatic rings. The maximum absolute atomic E-state index is 13.7. The van der Waals surface area contributed by atoms with Gasteiger partial charge < -0.3 is 15.4 Å². The Bertz CT molecular complexity index is 1030. The number of hydrogen-bond acceptors (Lipinski definition) is 6. The number of aromatic nitrogens is 1. The Balaban J connectivity index is 1.68. The molecule has 0 bridgehead atoms. The number of hydrogen-bond donors (Lipinski definition) is 2. The molecule has 2 N–H and O–H groups in total. The van der Waals surface area contributed by atoms with Crippen LogP contribution in [0.3, 0.4) is 0 Å². The molecular formula is C20H17FN4O4. The van der Waals surface area contributed by atoms with E-state index in [4.69, 9.17) is 4.74 Å². The lowest BCUT2D eigenvalue weighted by Crippen LogP contribution is -2.12. The number of ether oxygens (including phenoxy) is 1. The zero-order valence-electron chi connectivity index (χ0n) is 15.4. The third kappa shape index (κ3) is 4.83. The SMILES string of the molecule is COc1cc(NCc2ccc(NC(=O)c3cccnc3)cc2)c([N+](=O)[O-])cc1F. The lowest BCUT2D eigenvalue weighted by molar-refractivity contribution is -0.384. The normalized spacial score (nSPS) is 10.3. The Kier molecular flexibility index (Phi) is 5.98. The van der Waals surface area contributed by atoms with E-state index >= 15 is 0 Å². The van der Waals surface area contributed by atoms with E-state index in [0.717, 1.165) is 11.6 Å². The quantitative estimate of drug-likeness (QED) is 0.462. The van der Waals surface area contributed by atoms with Gasteiger partial charge in [0.25, 0.3) is 11.6 Å². The smallest absolute Gasteiger partial charge is 0.295 e. The van der Waals surface area contributed by atoms with Crippen LogP contribution in [0, 0.1) is 15.9 Å². The van der Waals surface area contributed by atoms with Gasteiger partial charge in [-0.1, -0.05) is 12.1 Å². The van der Waals surface area contributed by atoms with Crippen LogP contribution in [0.2, 0.25) is 0 Å². The van der Waals surface area contributed by atoms with Gasteiger partial charge in [-0.3, -0.25) is 19.9 Å². The molecule has 0 unspecified atom stereocenters. The molecule has 9 heteroatoms. The van der Waals surface area contributed by atoms with Gasteiger partial charge in [0.1, 0.15) is 5.69 Å². The van der Waals surface area contributed by atoms with E-state index < -0.39 is 10.7 Å². The summed E-state index contributed by atoms with van der Waals surface area (Å²) >= 11 is 0. The molecule has 0 atom stereocenters. The van der Waals surface area contributed by atoms with Crippen molar-refractivity contribution in [2.24, 2.45) is 0 Å². The topological polar surface area (TPSA) is 106 Å². The van der Waals surface area contributed by atoms with Gasteiger partial charge >= 0.3 is 0 Å². The number of nitro benzene ring substituents is 1. The van der Waals surface area contributed by atoms with Crippen LogP contribution in [0.15, 0.2) is 60.9 Å². The Labute approximate surface area is 165 Å². The number of halogens is 1. The number of methoxy groups -OCH3 is 1. The molecule has 3 aromatic rings. The van der Waals surface area contributed by atoms with Crippen LogP contribution in [0.5, 0.6) is 5.75 Å². The lowest BCUT2D eigenvalue weighted by Gasteiger charge is -2.11. The van der Waals surface area contributed by atoms with Crippen molar-refractivity contribution in [3.8, 4) is 5.75 Å². The van der Waals surface area contributed by atoms with Crippen molar-refractivity contribution in [1.29, 1.82) is 0 Å². The predicted molar refractivity (Wildman–Crippen MR) is 106 cm³/mol. The third-order valence-electron chi connectivity index (χ3n) is 4.09. The first-order valence-corrected chi connectivity index (χ1v) is 8.54. The number of carbonyl (C=O) groups excluding carboxylic acids is 1. The van der Waals surface area contributed by atoms with E-state index in [1.54, 1.807) is 42.6 Å². The fourth-order valence-corrected chi connectivity index (χ4v) is 2.60. The van der Waals surface area contributed by atoms with Crippen LogP contribution < -0.4 is 15.4 Å². The standard InChI is InChI=1S/C20H17FN4O4/c1-29-19-10-17(18(25(27)28)9-16(19)21)23-11-13-4-6-15(7-5-13)24-20(26)14-3-2-8-22-12-14/h2-10,12,23H,11H2,1H3,(H,24,26). The maximum atomic E-state index is 13.7. The molecule has 29 heavy (non-hydrogen) atoms. The average Bonchev–Trinajstić information content (AvgIpc) is 2.74.